The smallest absolute Gasteiger partial charge is 0.223 e. The van der Waals surface area contributed by atoms with Crippen LogP contribution in [0.15, 0.2) is 48.1 Å². The van der Waals surface area contributed by atoms with Gasteiger partial charge in [-0.05, 0) is 43.3 Å². The molecular weight excluding hydrogens is 363 g/mol. The standard InChI is InChI=1S/C19H17FN6S/c20-13-3-1-12(2-4-13)16-17(26-9-10-27-19(26)25-16)15-6-8-22-18(24-15)23-14-5-7-21-11-14/h1-4,6,8-10,14,21H,5,7,11H2,(H,22,23,24)/t14-/m0/s1. The Morgan fingerprint density at radius 3 is 2.89 bits per heavy atom. The fourth-order valence-electron chi connectivity index (χ4n) is 3.36. The van der Waals surface area contributed by atoms with E-state index in [2.05, 4.69) is 15.6 Å². The van der Waals surface area contributed by atoms with Crippen LogP contribution in [-0.4, -0.2) is 38.5 Å². The molecule has 1 aliphatic rings. The number of nitrogens with zero attached hydrogens (tertiary/aromatic N) is 4. The van der Waals surface area contributed by atoms with Crippen molar-refractivity contribution in [2.75, 3.05) is 18.4 Å². The highest BCUT2D eigenvalue weighted by Gasteiger charge is 2.20. The van der Waals surface area contributed by atoms with Crippen molar-refractivity contribution in [2.24, 2.45) is 0 Å². The molecule has 1 aromatic carbocycles. The molecule has 27 heavy (non-hydrogen) atoms. The van der Waals surface area contributed by atoms with Gasteiger partial charge in [-0.3, -0.25) is 4.40 Å². The summed E-state index contributed by atoms with van der Waals surface area (Å²) >= 11 is 1.56. The van der Waals surface area contributed by atoms with Crippen molar-refractivity contribution in [1.82, 2.24) is 24.7 Å². The Bertz CT molecular complexity index is 1080. The third-order valence-corrected chi connectivity index (χ3v) is 5.43. The minimum atomic E-state index is -0.264. The van der Waals surface area contributed by atoms with Gasteiger partial charge in [-0.25, -0.2) is 19.3 Å². The summed E-state index contributed by atoms with van der Waals surface area (Å²) in [6.45, 7) is 1.92. The lowest BCUT2D eigenvalue weighted by molar-refractivity contribution is 0.628. The summed E-state index contributed by atoms with van der Waals surface area (Å²) in [7, 11) is 0. The van der Waals surface area contributed by atoms with E-state index in [1.54, 1.807) is 29.7 Å². The molecule has 0 saturated carbocycles. The number of fused-ring (bicyclic) bond motifs is 1. The third-order valence-electron chi connectivity index (χ3n) is 4.67. The van der Waals surface area contributed by atoms with E-state index >= 15 is 0 Å². The monoisotopic (exact) mass is 380 g/mol. The van der Waals surface area contributed by atoms with Gasteiger partial charge in [0.15, 0.2) is 4.96 Å². The second-order valence-corrected chi connectivity index (χ2v) is 7.34. The zero-order valence-corrected chi connectivity index (χ0v) is 15.2. The number of imidazole rings is 1. The minimum absolute atomic E-state index is 0.264. The Balaban J connectivity index is 1.60. The van der Waals surface area contributed by atoms with Crippen molar-refractivity contribution in [1.29, 1.82) is 0 Å². The summed E-state index contributed by atoms with van der Waals surface area (Å²) in [4.78, 5) is 14.7. The van der Waals surface area contributed by atoms with Crippen molar-refractivity contribution >= 4 is 22.2 Å². The Kier molecular flexibility index (Phi) is 4.06. The van der Waals surface area contributed by atoms with Crippen LogP contribution < -0.4 is 10.6 Å². The molecule has 0 spiro atoms. The van der Waals surface area contributed by atoms with Gasteiger partial charge in [0, 0.05) is 35.9 Å². The molecule has 0 unspecified atom stereocenters. The van der Waals surface area contributed by atoms with E-state index in [-0.39, 0.29) is 5.82 Å². The molecule has 3 aromatic heterocycles. The largest absolute Gasteiger partial charge is 0.350 e. The first-order chi connectivity index (χ1) is 13.3. The number of anilines is 1. The summed E-state index contributed by atoms with van der Waals surface area (Å²) in [5.41, 5.74) is 3.31. The summed E-state index contributed by atoms with van der Waals surface area (Å²) in [5.74, 6) is 0.344. The Hall–Kier alpha value is -2.84. The van der Waals surface area contributed by atoms with Gasteiger partial charge in [0.05, 0.1) is 11.4 Å². The van der Waals surface area contributed by atoms with Gasteiger partial charge in [-0.15, -0.1) is 11.3 Å². The van der Waals surface area contributed by atoms with Crippen molar-refractivity contribution < 1.29 is 4.39 Å². The lowest BCUT2D eigenvalue weighted by Crippen LogP contribution is -2.23. The van der Waals surface area contributed by atoms with Gasteiger partial charge in [0.1, 0.15) is 11.5 Å². The first-order valence-corrected chi connectivity index (χ1v) is 9.68. The van der Waals surface area contributed by atoms with E-state index in [0.29, 0.717) is 12.0 Å². The van der Waals surface area contributed by atoms with Crippen LogP contribution in [0.1, 0.15) is 6.42 Å². The summed E-state index contributed by atoms with van der Waals surface area (Å²) in [5, 5.41) is 8.71. The van der Waals surface area contributed by atoms with Crippen LogP contribution >= 0.6 is 11.3 Å². The van der Waals surface area contributed by atoms with Crippen LogP contribution in [0, 0.1) is 5.82 Å². The fraction of sp³-hybridized carbons (Fsp3) is 0.211. The molecule has 1 saturated heterocycles. The third kappa shape index (κ3) is 3.07. The van der Waals surface area contributed by atoms with Crippen LogP contribution in [0.4, 0.5) is 10.3 Å². The lowest BCUT2D eigenvalue weighted by Gasteiger charge is -2.12. The number of halogens is 1. The van der Waals surface area contributed by atoms with Gasteiger partial charge in [0.25, 0.3) is 0 Å². The van der Waals surface area contributed by atoms with Gasteiger partial charge in [0.2, 0.25) is 5.95 Å². The molecule has 5 rings (SSSR count). The van der Waals surface area contributed by atoms with Gasteiger partial charge in [-0.1, -0.05) is 0 Å². The molecular formula is C19H17FN6S. The highest BCUT2D eigenvalue weighted by Crippen LogP contribution is 2.33. The van der Waals surface area contributed by atoms with E-state index in [1.165, 1.54) is 12.1 Å². The Labute approximate surface area is 159 Å². The molecule has 1 atom stereocenters. The van der Waals surface area contributed by atoms with Crippen LogP contribution in [0.25, 0.3) is 27.6 Å². The van der Waals surface area contributed by atoms with Crippen LogP contribution in [-0.2, 0) is 0 Å². The molecule has 1 fully saturated rings. The first-order valence-electron chi connectivity index (χ1n) is 8.80. The highest BCUT2D eigenvalue weighted by atomic mass is 32.1. The van der Waals surface area contributed by atoms with E-state index < -0.39 is 0 Å². The van der Waals surface area contributed by atoms with Crippen molar-refractivity contribution in [3.8, 4) is 22.6 Å². The molecule has 6 nitrogen and oxygen atoms in total. The number of hydrogen-bond donors (Lipinski definition) is 2. The fourth-order valence-corrected chi connectivity index (χ4v) is 4.07. The normalized spacial score (nSPS) is 16.9. The molecule has 136 valence electrons. The highest BCUT2D eigenvalue weighted by molar-refractivity contribution is 7.15. The number of rotatable bonds is 4. The summed E-state index contributed by atoms with van der Waals surface area (Å²) in [6.07, 6.45) is 4.79. The summed E-state index contributed by atoms with van der Waals surface area (Å²) < 4.78 is 15.4. The maximum absolute atomic E-state index is 13.4. The molecule has 1 aliphatic heterocycles. The Morgan fingerprint density at radius 1 is 1.19 bits per heavy atom. The first kappa shape index (κ1) is 16.3. The van der Waals surface area contributed by atoms with Crippen LogP contribution in [0.5, 0.6) is 0 Å². The number of nitrogens with one attached hydrogen (secondary N) is 2. The summed E-state index contributed by atoms with van der Waals surface area (Å²) in [6, 6.07) is 8.61. The van der Waals surface area contributed by atoms with E-state index in [4.69, 9.17) is 9.97 Å². The second kappa shape index (κ2) is 6.71. The number of hydrogen-bond acceptors (Lipinski definition) is 6. The topological polar surface area (TPSA) is 67.1 Å². The SMILES string of the molecule is Fc1ccc(-c2nc3sccn3c2-c2ccnc(N[C@H]3CCNC3)n2)cc1. The van der Waals surface area contributed by atoms with E-state index in [1.807, 2.05) is 22.0 Å². The minimum Gasteiger partial charge on any atom is -0.350 e. The predicted molar refractivity (Wildman–Crippen MR) is 104 cm³/mol. The molecule has 4 heterocycles. The average Bonchev–Trinajstić information content (AvgIpc) is 3.39. The average molecular weight is 380 g/mol. The molecule has 0 radical (unpaired) electrons. The van der Waals surface area contributed by atoms with Crippen molar-refractivity contribution in [3.05, 3.63) is 53.9 Å². The van der Waals surface area contributed by atoms with Gasteiger partial charge < -0.3 is 10.6 Å². The molecule has 0 bridgehead atoms. The molecule has 2 N–H and O–H groups in total. The van der Waals surface area contributed by atoms with Gasteiger partial charge >= 0.3 is 0 Å². The maximum atomic E-state index is 13.4. The molecule has 8 heteroatoms. The van der Waals surface area contributed by atoms with E-state index in [9.17, 15) is 4.39 Å². The Morgan fingerprint density at radius 2 is 2.07 bits per heavy atom. The van der Waals surface area contributed by atoms with Crippen LogP contribution in [0.2, 0.25) is 0 Å². The van der Waals surface area contributed by atoms with E-state index in [0.717, 1.165) is 47.1 Å². The number of benzene rings is 1. The molecule has 0 amide bonds. The maximum Gasteiger partial charge on any atom is 0.223 e. The molecule has 4 aromatic rings. The van der Waals surface area contributed by atoms with Crippen molar-refractivity contribution in [2.45, 2.75) is 12.5 Å². The number of aromatic nitrogens is 4. The predicted octanol–water partition coefficient (Wildman–Crippen LogP) is 3.43. The second-order valence-electron chi connectivity index (χ2n) is 6.47. The van der Waals surface area contributed by atoms with Gasteiger partial charge in [-0.2, -0.15) is 0 Å². The zero-order valence-electron chi connectivity index (χ0n) is 14.4. The quantitative estimate of drug-likeness (QED) is 0.568. The lowest BCUT2D eigenvalue weighted by atomic mass is 10.1. The van der Waals surface area contributed by atoms with Crippen LogP contribution in [0.3, 0.4) is 0 Å². The zero-order chi connectivity index (χ0) is 18.2. The number of thiazole rings is 1. The molecule has 0 aliphatic carbocycles. The van der Waals surface area contributed by atoms with Crippen molar-refractivity contribution in [3.63, 3.8) is 0 Å².